The van der Waals surface area contributed by atoms with Crippen LogP contribution in [-0.4, -0.2) is 37.5 Å². The maximum atomic E-state index is 12.8. The van der Waals surface area contributed by atoms with Crippen molar-refractivity contribution >= 4 is 5.91 Å². The molecule has 23 heavy (non-hydrogen) atoms. The Morgan fingerprint density at radius 2 is 2.17 bits per heavy atom. The van der Waals surface area contributed by atoms with E-state index in [2.05, 4.69) is 5.32 Å². The lowest BCUT2D eigenvalue weighted by Crippen LogP contribution is -2.31. The van der Waals surface area contributed by atoms with Gasteiger partial charge in [-0.1, -0.05) is 18.2 Å². The Bertz CT molecular complexity index is 587. The van der Waals surface area contributed by atoms with Crippen LogP contribution in [0.5, 0.6) is 0 Å². The van der Waals surface area contributed by atoms with Gasteiger partial charge in [-0.15, -0.1) is 0 Å². The normalized spacial score (nSPS) is 27.3. The molecule has 3 rings (SSSR count). The lowest BCUT2D eigenvalue weighted by atomic mass is 10.1. The van der Waals surface area contributed by atoms with Crippen molar-refractivity contribution in [2.45, 2.75) is 24.9 Å². The van der Waals surface area contributed by atoms with Gasteiger partial charge < -0.3 is 10.2 Å². The molecular weight excluding hydrogens is 305 g/mol. The first-order valence-corrected chi connectivity index (χ1v) is 8.00. The minimum atomic E-state index is -4.33. The molecule has 0 radical (unpaired) electrons. The van der Waals surface area contributed by atoms with Crippen LogP contribution in [-0.2, 0) is 11.0 Å². The van der Waals surface area contributed by atoms with Crippen LogP contribution in [0.3, 0.4) is 0 Å². The number of carbonyl (C=O) groups is 1. The van der Waals surface area contributed by atoms with Gasteiger partial charge in [0.1, 0.15) is 0 Å². The van der Waals surface area contributed by atoms with E-state index in [1.807, 2.05) is 11.9 Å². The van der Waals surface area contributed by atoms with Gasteiger partial charge in [-0.25, -0.2) is 0 Å². The fraction of sp³-hybridized carbons (Fsp3) is 0.588. The summed E-state index contributed by atoms with van der Waals surface area (Å²) >= 11 is 0. The van der Waals surface area contributed by atoms with E-state index < -0.39 is 11.7 Å². The van der Waals surface area contributed by atoms with Crippen molar-refractivity contribution in [2.24, 2.45) is 11.8 Å². The molecule has 1 aromatic carbocycles. The summed E-state index contributed by atoms with van der Waals surface area (Å²) in [6, 6.07) is 5.38. The summed E-state index contributed by atoms with van der Waals surface area (Å²) in [4.78, 5) is 14.4. The number of amides is 1. The lowest BCUT2D eigenvalue weighted by molar-refractivity contribution is -0.137. The maximum Gasteiger partial charge on any atom is 0.416 e. The van der Waals surface area contributed by atoms with Crippen LogP contribution in [0, 0.1) is 11.8 Å². The highest BCUT2D eigenvalue weighted by Gasteiger charge is 2.47. The molecule has 1 aliphatic carbocycles. The molecule has 3 nitrogen and oxygen atoms in total. The van der Waals surface area contributed by atoms with Crippen LogP contribution in [0.1, 0.15) is 29.9 Å². The summed E-state index contributed by atoms with van der Waals surface area (Å²) in [5.41, 5.74) is -0.00694. The molecule has 6 heteroatoms. The summed E-state index contributed by atoms with van der Waals surface area (Å²) in [5.74, 6) is 0.376. The Balaban J connectivity index is 1.62. The second-order valence-electron chi connectivity index (χ2n) is 6.57. The first kappa shape index (κ1) is 16.3. The van der Waals surface area contributed by atoms with Crippen molar-refractivity contribution in [3.63, 3.8) is 0 Å². The van der Waals surface area contributed by atoms with Gasteiger partial charge in [-0.2, -0.15) is 13.2 Å². The van der Waals surface area contributed by atoms with Crippen LogP contribution in [0.15, 0.2) is 24.3 Å². The molecule has 1 amide bonds. The number of alkyl halides is 3. The number of benzene rings is 1. The SMILES string of the molecule is CNCC1CCN(C(=O)C2CC2c2cccc(C(F)(F)F)c2)C1. The topological polar surface area (TPSA) is 32.3 Å². The van der Waals surface area contributed by atoms with Gasteiger partial charge in [0, 0.05) is 19.0 Å². The largest absolute Gasteiger partial charge is 0.416 e. The van der Waals surface area contributed by atoms with Gasteiger partial charge in [0.05, 0.1) is 5.56 Å². The number of carbonyl (C=O) groups excluding carboxylic acids is 1. The number of likely N-dealkylation sites (tertiary alicyclic amines) is 1. The minimum absolute atomic E-state index is 0.0619. The van der Waals surface area contributed by atoms with Crippen molar-refractivity contribution in [3.8, 4) is 0 Å². The van der Waals surface area contributed by atoms with Crippen molar-refractivity contribution in [2.75, 3.05) is 26.7 Å². The van der Waals surface area contributed by atoms with Gasteiger partial charge >= 0.3 is 6.18 Å². The molecule has 3 atom stereocenters. The first-order chi connectivity index (χ1) is 10.9. The average molecular weight is 326 g/mol. The first-order valence-electron chi connectivity index (χ1n) is 8.00. The minimum Gasteiger partial charge on any atom is -0.342 e. The zero-order chi connectivity index (χ0) is 16.6. The van der Waals surface area contributed by atoms with Crippen LogP contribution in [0.2, 0.25) is 0 Å². The molecule has 2 fully saturated rings. The number of hydrogen-bond acceptors (Lipinski definition) is 2. The third-order valence-corrected chi connectivity index (χ3v) is 4.84. The Hall–Kier alpha value is -1.56. The number of nitrogens with zero attached hydrogens (tertiary/aromatic N) is 1. The smallest absolute Gasteiger partial charge is 0.342 e. The standard InChI is InChI=1S/C17H21F3N2O/c1-21-9-11-5-6-22(10-11)16(23)15-8-14(15)12-3-2-4-13(7-12)17(18,19)20/h2-4,7,11,14-15,21H,5-6,8-10H2,1H3. The van der Waals surface area contributed by atoms with Crippen molar-refractivity contribution in [1.82, 2.24) is 10.2 Å². The van der Waals surface area contributed by atoms with Gasteiger partial charge in [-0.05, 0) is 49.9 Å². The fourth-order valence-corrected chi connectivity index (χ4v) is 3.50. The van der Waals surface area contributed by atoms with Crippen LogP contribution in [0.25, 0.3) is 0 Å². The van der Waals surface area contributed by atoms with Crippen LogP contribution >= 0.6 is 0 Å². The Morgan fingerprint density at radius 1 is 1.39 bits per heavy atom. The molecule has 1 heterocycles. The monoisotopic (exact) mass is 326 g/mol. The van der Waals surface area contributed by atoms with Gasteiger partial charge in [0.2, 0.25) is 5.91 Å². The molecule has 0 spiro atoms. The molecule has 126 valence electrons. The van der Waals surface area contributed by atoms with E-state index in [9.17, 15) is 18.0 Å². The fourth-order valence-electron chi connectivity index (χ4n) is 3.50. The molecule has 1 saturated carbocycles. The number of hydrogen-bond donors (Lipinski definition) is 1. The Morgan fingerprint density at radius 3 is 2.87 bits per heavy atom. The second kappa shape index (κ2) is 6.15. The van der Waals surface area contributed by atoms with Gasteiger partial charge in [-0.3, -0.25) is 4.79 Å². The third kappa shape index (κ3) is 3.52. The van der Waals surface area contributed by atoms with E-state index in [4.69, 9.17) is 0 Å². The van der Waals surface area contributed by atoms with Crippen molar-refractivity contribution in [1.29, 1.82) is 0 Å². The molecule has 1 saturated heterocycles. The van der Waals surface area contributed by atoms with E-state index in [1.54, 1.807) is 6.07 Å². The van der Waals surface area contributed by atoms with Crippen LogP contribution < -0.4 is 5.32 Å². The molecule has 0 bridgehead atoms. The summed E-state index contributed by atoms with van der Waals surface area (Å²) in [7, 11) is 1.90. The number of nitrogens with one attached hydrogen (secondary N) is 1. The predicted octanol–water partition coefficient (Wildman–Crippen LogP) is 2.88. The lowest BCUT2D eigenvalue weighted by Gasteiger charge is -2.17. The third-order valence-electron chi connectivity index (χ3n) is 4.84. The van der Waals surface area contributed by atoms with Crippen LogP contribution in [0.4, 0.5) is 13.2 Å². The molecule has 1 N–H and O–H groups in total. The molecular formula is C17H21F3N2O. The quantitative estimate of drug-likeness (QED) is 0.923. The highest BCUT2D eigenvalue weighted by Crippen LogP contribution is 2.49. The summed E-state index contributed by atoms with van der Waals surface area (Å²) in [5, 5.41) is 3.12. The zero-order valence-electron chi connectivity index (χ0n) is 13.1. The summed E-state index contributed by atoms with van der Waals surface area (Å²) < 4.78 is 38.4. The Labute approximate surface area is 133 Å². The van der Waals surface area contributed by atoms with E-state index in [1.165, 1.54) is 12.1 Å². The van der Waals surface area contributed by atoms with E-state index >= 15 is 0 Å². The molecule has 1 aliphatic heterocycles. The summed E-state index contributed by atoms with van der Waals surface area (Å²) in [6.07, 6.45) is -2.68. The van der Waals surface area contributed by atoms with E-state index in [-0.39, 0.29) is 17.7 Å². The second-order valence-corrected chi connectivity index (χ2v) is 6.57. The molecule has 1 aromatic rings. The van der Waals surface area contributed by atoms with E-state index in [0.717, 1.165) is 32.1 Å². The number of rotatable bonds is 4. The average Bonchev–Trinajstić information content (AvgIpc) is 3.18. The predicted molar refractivity (Wildman–Crippen MR) is 80.9 cm³/mol. The molecule has 3 unspecified atom stereocenters. The molecule has 2 aliphatic rings. The van der Waals surface area contributed by atoms with E-state index in [0.29, 0.717) is 17.9 Å². The maximum absolute atomic E-state index is 12.8. The Kier molecular flexibility index (Phi) is 4.36. The van der Waals surface area contributed by atoms with Gasteiger partial charge in [0.15, 0.2) is 0 Å². The summed E-state index contributed by atoms with van der Waals surface area (Å²) in [6.45, 7) is 2.41. The number of halogens is 3. The highest BCUT2D eigenvalue weighted by molar-refractivity contribution is 5.83. The highest BCUT2D eigenvalue weighted by atomic mass is 19.4. The van der Waals surface area contributed by atoms with Crippen molar-refractivity contribution < 1.29 is 18.0 Å². The zero-order valence-corrected chi connectivity index (χ0v) is 13.1. The molecule has 0 aromatic heterocycles. The van der Waals surface area contributed by atoms with Crippen molar-refractivity contribution in [3.05, 3.63) is 35.4 Å². The van der Waals surface area contributed by atoms with Gasteiger partial charge in [0.25, 0.3) is 0 Å².